The molecule has 110 valence electrons. The van der Waals surface area contributed by atoms with Crippen LogP contribution in [0, 0.1) is 11.3 Å². The Morgan fingerprint density at radius 2 is 2.00 bits per heavy atom. The molecular formula is C15H17N3O3. The summed E-state index contributed by atoms with van der Waals surface area (Å²) in [5.41, 5.74) is 0.690. The zero-order valence-corrected chi connectivity index (χ0v) is 12.1. The molecule has 0 aliphatic carbocycles. The van der Waals surface area contributed by atoms with Gasteiger partial charge in [-0.3, -0.25) is 4.79 Å². The third-order valence-electron chi connectivity index (χ3n) is 2.49. The molecule has 6 nitrogen and oxygen atoms in total. The van der Waals surface area contributed by atoms with E-state index in [1.54, 1.807) is 38.1 Å². The fraction of sp³-hybridized carbons (Fsp3) is 0.267. The van der Waals surface area contributed by atoms with Crippen molar-refractivity contribution in [1.82, 2.24) is 5.32 Å². The van der Waals surface area contributed by atoms with Crippen LogP contribution < -0.4 is 10.6 Å². The van der Waals surface area contributed by atoms with Gasteiger partial charge in [-0.05, 0) is 26.0 Å². The van der Waals surface area contributed by atoms with Crippen LogP contribution in [0.2, 0.25) is 0 Å². The lowest BCUT2D eigenvalue weighted by atomic mass is 10.2. The Morgan fingerprint density at radius 3 is 2.57 bits per heavy atom. The minimum atomic E-state index is -0.503. The van der Waals surface area contributed by atoms with Crippen molar-refractivity contribution in [2.75, 3.05) is 12.4 Å². The highest BCUT2D eigenvalue weighted by atomic mass is 16.5. The number of carbonyl (C=O) groups excluding carboxylic acids is 2. The minimum absolute atomic E-state index is 0.0726. The fourth-order valence-corrected chi connectivity index (χ4v) is 1.54. The van der Waals surface area contributed by atoms with Crippen molar-refractivity contribution in [3.8, 4) is 6.07 Å². The van der Waals surface area contributed by atoms with Crippen LogP contribution in [0.3, 0.4) is 0 Å². The maximum atomic E-state index is 11.7. The number of esters is 1. The van der Waals surface area contributed by atoms with E-state index < -0.39 is 11.9 Å². The predicted molar refractivity (Wildman–Crippen MR) is 78.4 cm³/mol. The number of nitriles is 1. The number of hydrogen-bond acceptors (Lipinski definition) is 5. The van der Waals surface area contributed by atoms with Gasteiger partial charge in [0.05, 0.1) is 18.4 Å². The van der Waals surface area contributed by atoms with E-state index in [1.165, 1.54) is 13.3 Å². The minimum Gasteiger partial charge on any atom is -0.465 e. The number of carbonyl (C=O) groups is 2. The van der Waals surface area contributed by atoms with E-state index in [2.05, 4.69) is 15.4 Å². The molecule has 1 aromatic rings. The molecule has 0 heterocycles. The molecule has 0 fully saturated rings. The first-order valence-electron chi connectivity index (χ1n) is 6.34. The Labute approximate surface area is 123 Å². The molecule has 0 radical (unpaired) electrons. The molecular weight excluding hydrogens is 270 g/mol. The van der Waals surface area contributed by atoms with Gasteiger partial charge < -0.3 is 15.4 Å². The molecule has 0 saturated heterocycles. The molecule has 1 rings (SSSR count). The normalized spacial score (nSPS) is 10.7. The van der Waals surface area contributed by atoms with Gasteiger partial charge in [-0.2, -0.15) is 5.26 Å². The number of hydrogen-bond donors (Lipinski definition) is 2. The molecule has 0 aliphatic heterocycles. The summed E-state index contributed by atoms with van der Waals surface area (Å²) in [5.74, 6) is -0.979. The topological polar surface area (TPSA) is 91.2 Å². The maximum Gasteiger partial charge on any atom is 0.339 e. The highest BCUT2D eigenvalue weighted by molar-refractivity contribution is 5.98. The van der Waals surface area contributed by atoms with E-state index in [9.17, 15) is 9.59 Å². The fourth-order valence-electron chi connectivity index (χ4n) is 1.54. The largest absolute Gasteiger partial charge is 0.465 e. The van der Waals surface area contributed by atoms with E-state index in [-0.39, 0.29) is 11.6 Å². The number of rotatable bonds is 5. The van der Waals surface area contributed by atoms with Crippen molar-refractivity contribution in [2.45, 2.75) is 19.9 Å². The third-order valence-corrected chi connectivity index (χ3v) is 2.49. The predicted octanol–water partition coefficient (Wildman–Crippen LogP) is 1.82. The summed E-state index contributed by atoms with van der Waals surface area (Å²) in [6.07, 6.45) is 1.26. The van der Waals surface area contributed by atoms with Crippen molar-refractivity contribution >= 4 is 17.6 Å². The number of ether oxygens (including phenoxy) is 1. The lowest BCUT2D eigenvalue weighted by Crippen LogP contribution is -2.31. The summed E-state index contributed by atoms with van der Waals surface area (Å²) in [7, 11) is 1.28. The lowest BCUT2D eigenvalue weighted by Gasteiger charge is -2.09. The van der Waals surface area contributed by atoms with Gasteiger partial charge in [0.2, 0.25) is 0 Å². The SMILES string of the molecule is COC(=O)c1ccccc1N/C=C(/C#N)C(=O)NC(C)C. The number of amides is 1. The summed E-state index contributed by atoms with van der Waals surface area (Å²) in [5, 5.41) is 14.4. The first-order valence-corrected chi connectivity index (χ1v) is 6.34. The smallest absolute Gasteiger partial charge is 0.339 e. The van der Waals surface area contributed by atoms with Crippen molar-refractivity contribution in [3.63, 3.8) is 0 Å². The van der Waals surface area contributed by atoms with Crippen molar-refractivity contribution < 1.29 is 14.3 Å². The van der Waals surface area contributed by atoms with Crippen LogP contribution in [-0.2, 0) is 9.53 Å². The van der Waals surface area contributed by atoms with Crippen molar-refractivity contribution in [1.29, 1.82) is 5.26 Å². The van der Waals surface area contributed by atoms with Crippen LogP contribution in [0.25, 0.3) is 0 Å². The molecule has 0 bridgehead atoms. The molecule has 1 aromatic carbocycles. The first-order chi connectivity index (χ1) is 9.99. The highest BCUT2D eigenvalue weighted by Gasteiger charge is 2.12. The van der Waals surface area contributed by atoms with E-state index in [1.807, 2.05) is 6.07 Å². The van der Waals surface area contributed by atoms with Gasteiger partial charge in [0.25, 0.3) is 5.91 Å². The summed E-state index contributed by atoms with van der Waals surface area (Å²) >= 11 is 0. The number of para-hydroxylation sites is 1. The average Bonchev–Trinajstić information content (AvgIpc) is 2.46. The summed E-state index contributed by atoms with van der Waals surface area (Å²) < 4.78 is 4.67. The monoisotopic (exact) mass is 287 g/mol. The summed E-state index contributed by atoms with van der Waals surface area (Å²) in [6.45, 7) is 3.60. The third kappa shape index (κ3) is 4.66. The Kier molecular flexibility index (Phi) is 5.96. The first kappa shape index (κ1) is 16.2. The molecule has 6 heteroatoms. The molecule has 0 atom stereocenters. The second-order valence-electron chi connectivity index (χ2n) is 4.48. The van der Waals surface area contributed by atoms with Gasteiger partial charge in [0.1, 0.15) is 11.6 Å². The van der Waals surface area contributed by atoms with E-state index >= 15 is 0 Å². The number of nitrogens with one attached hydrogen (secondary N) is 2. The Balaban J connectivity index is 2.95. The quantitative estimate of drug-likeness (QED) is 0.489. The van der Waals surface area contributed by atoms with Gasteiger partial charge in [0, 0.05) is 12.2 Å². The van der Waals surface area contributed by atoms with Gasteiger partial charge in [-0.25, -0.2) is 4.79 Å². The van der Waals surface area contributed by atoms with E-state index in [0.29, 0.717) is 11.3 Å². The number of benzene rings is 1. The Hall–Kier alpha value is -2.81. The van der Waals surface area contributed by atoms with Gasteiger partial charge in [0.15, 0.2) is 0 Å². The van der Waals surface area contributed by atoms with Gasteiger partial charge >= 0.3 is 5.97 Å². The molecule has 0 saturated carbocycles. The highest BCUT2D eigenvalue weighted by Crippen LogP contribution is 2.16. The second kappa shape index (κ2) is 7.70. The molecule has 0 aliphatic rings. The second-order valence-corrected chi connectivity index (χ2v) is 4.48. The van der Waals surface area contributed by atoms with Crippen LogP contribution in [0.1, 0.15) is 24.2 Å². The van der Waals surface area contributed by atoms with Crippen molar-refractivity contribution in [3.05, 3.63) is 41.6 Å². The van der Waals surface area contributed by atoms with Gasteiger partial charge in [-0.1, -0.05) is 12.1 Å². The zero-order valence-electron chi connectivity index (χ0n) is 12.1. The van der Waals surface area contributed by atoms with Crippen LogP contribution >= 0.6 is 0 Å². The van der Waals surface area contributed by atoms with Crippen LogP contribution in [-0.4, -0.2) is 25.0 Å². The lowest BCUT2D eigenvalue weighted by molar-refractivity contribution is -0.117. The number of nitrogens with zero attached hydrogens (tertiary/aromatic N) is 1. The van der Waals surface area contributed by atoms with E-state index in [0.717, 1.165) is 0 Å². The number of methoxy groups -OCH3 is 1. The Bertz CT molecular complexity index is 600. The molecule has 0 aromatic heterocycles. The number of anilines is 1. The van der Waals surface area contributed by atoms with Crippen LogP contribution in [0.4, 0.5) is 5.69 Å². The van der Waals surface area contributed by atoms with E-state index in [4.69, 9.17) is 5.26 Å². The molecule has 2 N–H and O–H groups in total. The Morgan fingerprint density at radius 1 is 1.33 bits per heavy atom. The average molecular weight is 287 g/mol. The molecule has 1 amide bonds. The maximum absolute atomic E-state index is 11.7. The molecule has 0 unspecified atom stereocenters. The van der Waals surface area contributed by atoms with Crippen LogP contribution in [0.15, 0.2) is 36.0 Å². The standard InChI is InChI=1S/C15H17N3O3/c1-10(2)18-14(19)11(8-16)9-17-13-7-5-4-6-12(13)15(20)21-3/h4-7,9-10,17H,1-3H3,(H,18,19)/b11-9-. The molecule has 0 spiro atoms. The molecule has 21 heavy (non-hydrogen) atoms. The summed E-state index contributed by atoms with van der Waals surface area (Å²) in [6, 6.07) is 8.39. The summed E-state index contributed by atoms with van der Waals surface area (Å²) in [4.78, 5) is 23.3. The van der Waals surface area contributed by atoms with Crippen LogP contribution in [0.5, 0.6) is 0 Å². The van der Waals surface area contributed by atoms with Crippen molar-refractivity contribution in [2.24, 2.45) is 0 Å². The van der Waals surface area contributed by atoms with Gasteiger partial charge in [-0.15, -0.1) is 0 Å². The zero-order chi connectivity index (χ0) is 15.8.